The summed E-state index contributed by atoms with van der Waals surface area (Å²) in [7, 11) is 1.58. The van der Waals surface area contributed by atoms with Gasteiger partial charge in [-0.25, -0.2) is 8.78 Å². The second-order valence-corrected chi connectivity index (χ2v) is 9.10. The molecule has 1 saturated heterocycles. The topological polar surface area (TPSA) is 93.4 Å². The first-order valence-corrected chi connectivity index (χ1v) is 12.1. The number of benzene rings is 2. The predicted molar refractivity (Wildman–Crippen MR) is 134 cm³/mol. The van der Waals surface area contributed by atoms with E-state index in [1.807, 2.05) is 18.2 Å². The van der Waals surface area contributed by atoms with E-state index in [0.717, 1.165) is 22.4 Å². The molecule has 1 amide bonds. The van der Waals surface area contributed by atoms with E-state index >= 15 is 0 Å². The van der Waals surface area contributed by atoms with Gasteiger partial charge in [0, 0.05) is 42.1 Å². The molecule has 1 aliphatic rings. The summed E-state index contributed by atoms with van der Waals surface area (Å²) in [4.78, 5) is 16.1. The molecule has 0 aliphatic carbocycles. The standard InChI is InChI=1S/C25H27F2N5O2S/c1-16-21(24(33)29-18-5-3-6-20(15-18)35-28)23(32-13-4-11-25(26,27)12-14-32)31-30-22(16)17-7-9-19(34-2)10-8-17/h3,5-10,15H,4,11-14,28H2,1-2H3,(H,29,33). The average molecular weight is 500 g/mol. The zero-order valence-corrected chi connectivity index (χ0v) is 20.4. The van der Waals surface area contributed by atoms with E-state index in [0.29, 0.717) is 47.0 Å². The molecule has 35 heavy (non-hydrogen) atoms. The van der Waals surface area contributed by atoms with Crippen LogP contribution in [0.3, 0.4) is 0 Å². The van der Waals surface area contributed by atoms with Gasteiger partial charge in [-0.3, -0.25) is 9.93 Å². The Morgan fingerprint density at radius 3 is 2.63 bits per heavy atom. The van der Waals surface area contributed by atoms with Gasteiger partial charge in [0.15, 0.2) is 5.82 Å². The van der Waals surface area contributed by atoms with Crippen LogP contribution in [0.15, 0.2) is 53.4 Å². The Morgan fingerprint density at radius 2 is 1.91 bits per heavy atom. The highest BCUT2D eigenvalue weighted by Gasteiger charge is 2.34. The first-order chi connectivity index (χ1) is 16.8. The van der Waals surface area contributed by atoms with Crippen LogP contribution in [0.4, 0.5) is 20.3 Å². The van der Waals surface area contributed by atoms with E-state index in [-0.39, 0.29) is 19.4 Å². The van der Waals surface area contributed by atoms with Gasteiger partial charge < -0.3 is 15.0 Å². The number of methoxy groups -OCH3 is 1. The van der Waals surface area contributed by atoms with Crippen LogP contribution in [0.1, 0.15) is 35.2 Å². The van der Waals surface area contributed by atoms with Crippen molar-refractivity contribution in [1.29, 1.82) is 0 Å². The maximum Gasteiger partial charge on any atom is 0.259 e. The van der Waals surface area contributed by atoms with Gasteiger partial charge in [-0.2, -0.15) is 0 Å². The van der Waals surface area contributed by atoms with E-state index in [9.17, 15) is 13.6 Å². The Labute approximate surface area is 207 Å². The molecule has 3 aromatic rings. The number of alkyl halides is 2. The number of carbonyl (C=O) groups excluding carboxylic acids is 1. The highest BCUT2D eigenvalue weighted by molar-refractivity contribution is 7.97. The predicted octanol–water partition coefficient (Wildman–Crippen LogP) is 5.30. The molecule has 0 radical (unpaired) electrons. The van der Waals surface area contributed by atoms with Crippen LogP contribution >= 0.6 is 11.9 Å². The van der Waals surface area contributed by atoms with Crippen LogP contribution in [0.2, 0.25) is 0 Å². The molecular formula is C25H27F2N5O2S. The average Bonchev–Trinajstić information content (AvgIpc) is 3.04. The minimum atomic E-state index is -2.73. The Hall–Kier alpha value is -3.24. The summed E-state index contributed by atoms with van der Waals surface area (Å²) in [6, 6.07) is 14.4. The van der Waals surface area contributed by atoms with E-state index < -0.39 is 11.8 Å². The lowest BCUT2D eigenvalue weighted by Gasteiger charge is -2.25. The molecule has 0 atom stereocenters. The summed E-state index contributed by atoms with van der Waals surface area (Å²) < 4.78 is 33.3. The summed E-state index contributed by atoms with van der Waals surface area (Å²) in [5.41, 5.74) is 2.79. The number of hydrogen-bond acceptors (Lipinski definition) is 7. The Morgan fingerprint density at radius 1 is 1.14 bits per heavy atom. The van der Waals surface area contributed by atoms with Gasteiger partial charge in [0.1, 0.15) is 5.75 Å². The molecule has 1 fully saturated rings. The van der Waals surface area contributed by atoms with Crippen molar-refractivity contribution in [2.45, 2.75) is 37.0 Å². The van der Waals surface area contributed by atoms with Crippen LogP contribution in [-0.4, -0.2) is 42.2 Å². The molecule has 3 N–H and O–H groups in total. The fraction of sp³-hybridized carbons (Fsp3) is 0.320. The zero-order valence-electron chi connectivity index (χ0n) is 19.6. The molecular weight excluding hydrogens is 472 g/mol. The summed E-state index contributed by atoms with van der Waals surface area (Å²) in [6.07, 6.45) is -0.194. The lowest BCUT2D eigenvalue weighted by Crippen LogP contribution is -2.30. The lowest BCUT2D eigenvalue weighted by molar-refractivity contribution is -0.0102. The number of nitrogens with one attached hydrogen (secondary N) is 1. The SMILES string of the molecule is COc1ccc(-c2nnc(N3CCCC(F)(F)CC3)c(C(=O)Nc3cccc(SN)c3)c2C)cc1. The van der Waals surface area contributed by atoms with Gasteiger partial charge in [-0.15, -0.1) is 10.2 Å². The van der Waals surface area contributed by atoms with Crippen LogP contribution in [0, 0.1) is 6.92 Å². The number of nitrogens with two attached hydrogens (primary N) is 1. The summed E-state index contributed by atoms with van der Waals surface area (Å²) in [5.74, 6) is -2.13. The highest BCUT2D eigenvalue weighted by atomic mass is 32.2. The van der Waals surface area contributed by atoms with Gasteiger partial charge in [0.25, 0.3) is 5.91 Å². The van der Waals surface area contributed by atoms with Crippen molar-refractivity contribution in [3.63, 3.8) is 0 Å². The molecule has 10 heteroatoms. The van der Waals surface area contributed by atoms with Crippen molar-refractivity contribution in [3.05, 3.63) is 59.7 Å². The number of hydrogen-bond donors (Lipinski definition) is 2. The maximum absolute atomic E-state index is 14.0. The van der Waals surface area contributed by atoms with E-state index in [2.05, 4.69) is 15.5 Å². The summed E-state index contributed by atoms with van der Waals surface area (Å²) in [6.45, 7) is 2.25. The second-order valence-electron chi connectivity index (χ2n) is 8.40. The number of aromatic nitrogens is 2. The quantitative estimate of drug-likeness (QED) is 0.444. The molecule has 4 rings (SSSR count). The third-order valence-corrected chi connectivity index (χ3v) is 6.56. The van der Waals surface area contributed by atoms with Gasteiger partial charge in [0.2, 0.25) is 5.92 Å². The zero-order chi connectivity index (χ0) is 25.0. The molecule has 7 nitrogen and oxygen atoms in total. The van der Waals surface area contributed by atoms with Crippen LogP contribution in [0.25, 0.3) is 11.3 Å². The number of halogens is 2. The van der Waals surface area contributed by atoms with Gasteiger partial charge in [0.05, 0.1) is 18.4 Å². The van der Waals surface area contributed by atoms with Gasteiger partial charge >= 0.3 is 0 Å². The van der Waals surface area contributed by atoms with Crippen molar-refractivity contribution in [2.75, 3.05) is 30.4 Å². The number of carbonyl (C=O) groups is 1. The summed E-state index contributed by atoms with van der Waals surface area (Å²) >= 11 is 1.08. The third-order valence-electron chi connectivity index (χ3n) is 6.03. The second kappa shape index (κ2) is 10.6. The number of nitrogens with zero attached hydrogens (tertiary/aromatic N) is 3. The number of rotatable bonds is 6. The van der Waals surface area contributed by atoms with Crippen molar-refractivity contribution in [1.82, 2.24) is 10.2 Å². The fourth-order valence-corrected chi connectivity index (χ4v) is 4.49. The largest absolute Gasteiger partial charge is 0.497 e. The Kier molecular flexibility index (Phi) is 7.51. The maximum atomic E-state index is 14.0. The van der Waals surface area contributed by atoms with Crippen LogP contribution in [-0.2, 0) is 0 Å². The molecule has 1 aromatic heterocycles. The van der Waals surface area contributed by atoms with E-state index in [1.165, 1.54) is 0 Å². The molecule has 1 aliphatic heterocycles. The highest BCUT2D eigenvalue weighted by Crippen LogP contribution is 2.34. The Balaban J connectivity index is 1.76. The van der Waals surface area contributed by atoms with Gasteiger partial charge in [-0.1, -0.05) is 6.07 Å². The van der Waals surface area contributed by atoms with Crippen molar-refractivity contribution >= 4 is 29.4 Å². The number of anilines is 2. The van der Waals surface area contributed by atoms with Crippen molar-refractivity contribution in [3.8, 4) is 17.0 Å². The molecule has 2 aromatic carbocycles. The van der Waals surface area contributed by atoms with Gasteiger partial charge in [-0.05, 0) is 73.3 Å². The Bertz CT molecular complexity index is 1210. The van der Waals surface area contributed by atoms with E-state index in [4.69, 9.17) is 9.88 Å². The monoisotopic (exact) mass is 499 g/mol. The fourth-order valence-electron chi connectivity index (χ4n) is 4.14. The van der Waals surface area contributed by atoms with Crippen LogP contribution in [0.5, 0.6) is 5.75 Å². The summed E-state index contributed by atoms with van der Waals surface area (Å²) in [5, 5.41) is 17.4. The minimum Gasteiger partial charge on any atom is -0.497 e. The van der Waals surface area contributed by atoms with Crippen molar-refractivity contribution in [2.24, 2.45) is 5.14 Å². The normalized spacial score (nSPS) is 15.4. The van der Waals surface area contributed by atoms with Crippen LogP contribution < -0.4 is 20.1 Å². The smallest absolute Gasteiger partial charge is 0.259 e. The first-order valence-electron chi connectivity index (χ1n) is 11.2. The third kappa shape index (κ3) is 5.71. The lowest BCUT2D eigenvalue weighted by atomic mass is 10.0. The molecule has 0 bridgehead atoms. The van der Waals surface area contributed by atoms with E-state index in [1.54, 1.807) is 49.3 Å². The molecule has 0 spiro atoms. The molecule has 2 heterocycles. The first kappa shape index (κ1) is 24.9. The minimum absolute atomic E-state index is 0.0859. The number of amides is 1. The molecule has 0 saturated carbocycles. The molecule has 184 valence electrons. The molecule has 0 unspecified atom stereocenters. The van der Waals surface area contributed by atoms with Crippen molar-refractivity contribution < 1.29 is 18.3 Å². The number of ether oxygens (including phenoxy) is 1.